The van der Waals surface area contributed by atoms with Crippen LogP contribution in [-0.4, -0.2) is 10.8 Å². The topological polar surface area (TPSA) is 46.6 Å². The van der Waals surface area contributed by atoms with Crippen LogP contribution in [0.1, 0.15) is 38.6 Å². The Kier molecular flexibility index (Phi) is 5.20. The van der Waals surface area contributed by atoms with Gasteiger partial charge in [-0.05, 0) is 61.7 Å². The number of carbonyl (C=O) groups excluding carboxylic acids is 1. The highest BCUT2D eigenvalue weighted by atomic mass is 35.5. The number of nitrogens with zero attached hydrogens (tertiary/aromatic N) is 1. The second-order valence-electron chi connectivity index (χ2n) is 7.35. The van der Waals surface area contributed by atoms with Crippen molar-refractivity contribution in [2.75, 3.05) is 0 Å². The molecular formula is C24H22ClNO3. The first-order valence-corrected chi connectivity index (χ1v) is 9.87. The van der Waals surface area contributed by atoms with Gasteiger partial charge in [0.25, 0.3) is 5.91 Å². The summed E-state index contributed by atoms with van der Waals surface area (Å²) < 4.78 is 11.5. The monoisotopic (exact) mass is 407 g/mol. The van der Waals surface area contributed by atoms with Crippen LogP contribution in [0, 0.1) is 20.8 Å². The van der Waals surface area contributed by atoms with Crippen LogP contribution in [-0.2, 0) is 13.1 Å². The number of hydrogen-bond acceptors (Lipinski definition) is 3. The lowest BCUT2D eigenvalue weighted by atomic mass is 10.1. The average molecular weight is 408 g/mol. The largest absolute Gasteiger partial charge is 0.467 e. The van der Waals surface area contributed by atoms with Gasteiger partial charge in [-0.3, -0.25) is 4.79 Å². The van der Waals surface area contributed by atoms with Crippen LogP contribution in [0.4, 0.5) is 0 Å². The number of fused-ring (bicyclic) bond motifs is 1. The zero-order valence-electron chi connectivity index (χ0n) is 16.7. The van der Waals surface area contributed by atoms with Crippen LogP contribution in [0.3, 0.4) is 0 Å². The van der Waals surface area contributed by atoms with Gasteiger partial charge in [-0.25, -0.2) is 0 Å². The standard InChI is InChI=1S/C24H22ClNO3/c1-15-11-16(2)22-20(12-15)17(3)23(29-22)24(27)26(14-19-8-6-10-28-19)13-18-7-4-5-9-21(18)25/h4-12H,13-14H2,1-3H3. The number of rotatable bonds is 5. The Bertz CT molecular complexity index is 1170. The molecule has 0 unspecified atom stereocenters. The van der Waals surface area contributed by atoms with Crippen molar-refractivity contribution in [3.63, 3.8) is 0 Å². The molecule has 0 saturated carbocycles. The summed E-state index contributed by atoms with van der Waals surface area (Å²) in [6.07, 6.45) is 1.60. The van der Waals surface area contributed by atoms with Crippen molar-refractivity contribution in [3.8, 4) is 0 Å². The normalized spacial score (nSPS) is 11.2. The van der Waals surface area contributed by atoms with Crippen molar-refractivity contribution in [1.29, 1.82) is 0 Å². The second-order valence-corrected chi connectivity index (χ2v) is 7.75. The molecule has 2 heterocycles. The molecular weight excluding hydrogens is 386 g/mol. The van der Waals surface area contributed by atoms with Gasteiger partial charge in [-0.2, -0.15) is 0 Å². The Morgan fingerprint density at radius 2 is 1.83 bits per heavy atom. The highest BCUT2D eigenvalue weighted by Gasteiger charge is 2.25. The Morgan fingerprint density at radius 3 is 2.55 bits per heavy atom. The molecule has 0 spiro atoms. The van der Waals surface area contributed by atoms with Gasteiger partial charge in [0.15, 0.2) is 5.76 Å². The molecule has 2 aromatic heterocycles. The van der Waals surface area contributed by atoms with E-state index in [2.05, 4.69) is 12.1 Å². The predicted octanol–water partition coefficient (Wildman–Crippen LogP) is 6.45. The smallest absolute Gasteiger partial charge is 0.290 e. The molecule has 0 fully saturated rings. The third kappa shape index (κ3) is 3.81. The lowest BCUT2D eigenvalue weighted by molar-refractivity contribution is 0.0686. The summed E-state index contributed by atoms with van der Waals surface area (Å²) in [7, 11) is 0. The van der Waals surface area contributed by atoms with Crippen molar-refractivity contribution in [2.24, 2.45) is 0 Å². The van der Waals surface area contributed by atoms with E-state index in [9.17, 15) is 4.79 Å². The fourth-order valence-corrected chi connectivity index (χ4v) is 3.83. The molecule has 0 saturated heterocycles. The predicted molar refractivity (Wildman–Crippen MR) is 114 cm³/mol. The highest BCUT2D eigenvalue weighted by Crippen LogP contribution is 2.31. The summed E-state index contributed by atoms with van der Waals surface area (Å²) in [5, 5.41) is 1.60. The number of halogens is 1. The molecule has 2 aromatic carbocycles. The number of benzene rings is 2. The van der Waals surface area contributed by atoms with E-state index < -0.39 is 0 Å². The fraction of sp³-hybridized carbons (Fsp3) is 0.208. The van der Waals surface area contributed by atoms with Crippen LogP contribution < -0.4 is 0 Å². The lowest BCUT2D eigenvalue weighted by Gasteiger charge is -2.21. The van der Waals surface area contributed by atoms with Gasteiger partial charge in [0.05, 0.1) is 12.8 Å². The third-order valence-corrected chi connectivity index (χ3v) is 5.46. The first-order valence-electron chi connectivity index (χ1n) is 9.49. The molecule has 0 bridgehead atoms. The Hall–Kier alpha value is -2.98. The maximum absolute atomic E-state index is 13.5. The Labute approximate surface area is 174 Å². The van der Waals surface area contributed by atoms with Crippen molar-refractivity contribution >= 4 is 28.5 Å². The fourth-order valence-electron chi connectivity index (χ4n) is 3.64. The second kappa shape index (κ2) is 7.80. The van der Waals surface area contributed by atoms with Gasteiger partial charge < -0.3 is 13.7 Å². The molecule has 0 aliphatic rings. The highest BCUT2D eigenvalue weighted by molar-refractivity contribution is 6.31. The maximum Gasteiger partial charge on any atom is 0.290 e. The first-order chi connectivity index (χ1) is 13.9. The summed E-state index contributed by atoms with van der Waals surface area (Å²) in [6.45, 7) is 6.65. The van der Waals surface area contributed by atoms with Crippen molar-refractivity contribution in [1.82, 2.24) is 4.90 Å². The van der Waals surface area contributed by atoms with Gasteiger partial charge in [0.2, 0.25) is 0 Å². The number of aryl methyl sites for hydroxylation is 3. The molecule has 29 heavy (non-hydrogen) atoms. The van der Waals surface area contributed by atoms with Gasteiger partial charge in [-0.15, -0.1) is 0 Å². The average Bonchev–Trinajstić information content (AvgIpc) is 3.31. The van der Waals surface area contributed by atoms with Crippen molar-refractivity contribution in [3.05, 3.63) is 93.6 Å². The summed E-state index contributed by atoms with van der Waals surface area (Å²) in [6, 6.07) is 15.3. The molecule has 0 aliphatic heterocycles. The molecule has 5 heteroatoms. The minimum Gasteiger partial charge on any atom is -0.467 e. The minimum atomic E-state index is -0.188. The first kappa shape index (κ1) is 19.3. The number of hydrogen-bond donors (Lipinski definition) is 0. The molecule has 4 nitrogen and oxygen atoms in total. The minimum absolute atomic E-state index is 0.188. The number of amides is 1. The van der Waals surface area contributed by atoms with Gasteiger partial charge >= 0.3 is 0 Å². The molecule has 0 aliphatic carbocycles. The molecule has 0 radical (unpaired) electrons. The summed E-state index contributed by atoms with van der Waals surface area (Å²) >= 11 is 6.35. The van der Waals surface area contributed by atoms with Crippen LogP contribution in [0.25, 0.3) is 11.0 Å². The van der Waals surface area contributed by atoms with Crippen LogP contribution in [0.15, 0.2) is 63.6 Å². The van der Waals surface area contributed by atoms with E-state index in [-0.39, 0.29) is 5.91 Å². The quantitative estimate of drug-likeness (QED) is 0.382. The van der Waals surface area contributed by atoms with E-state index in [0.29, 0.717) is 29.6 Å². The molecule has 148 valence electrons. The number of furan rings is 2. The zero-order valence-corrected chi connectivity index (χ0v) is 17.4. The van der Waals surface area contributed by atoms with E-state index in [1.165, 1.54) is 0 Å². The Balaban J connectivity index is 1.75. The zero-order chi connectivity index (χ0) is 20.5. The number of carbonyl (C=O) groups is 1. The summed E-state index contributed by atoms with van der Waals surface area (Å²) in [5.74, 6) is 0.866. The summed E-state index contributed by atoms with van der Waals surface area (Å²) in [4.78, 5) is 15.2. The Morgan fingerprint density at radius 1 is 1.03 bits per heavy atom. The van der Waals surface area contributed by atoms with Gasteiger partial charge in [-0.1, -0.05) is 35.9 Å². The van der Waals surface area contributed by atoms with E-state index in [1.54, 1.807) is 11.2 Å². The SMILES string of the molecule is Cc1cc(C)c2oc(C(=O)N(Cc3ccco3)Cc3ccccc3Cl)c(C)c2c1. The van der Waals surface area contributed by atoms with Crippen LogP contribution >= 0.6 is 11.6 Å². The van der Waals surface area contributed by atoms with Crippen molar-refractivity contribution < 1.29 is 13.6 Å². The molecule has 1 amide bonds. The van der Waals surface area contributed by atoms with Gasteiger partial charge in [0.1, 0.15) is 11.3 Å². The summed E-state index contributed by atoms with van der Waals surface area (Å²) in [5.41, 5.74) is 4.63. The van der Waals surface area contributed by atoms with Crippen LogP contribution in [0.2, 0.25) is 5.02 Å². The van der Waals surface area contributed by atoms with E-state index >= 15 is 0 Å². The third-order valence-electron chi connectivity index (χ3n) is 5.09. The molecule has 0 N–H and O–H groups in total. The molecule has 4 aromatic rings. The molecule has 0 atom stereocenters. The van der Waals surface area contributed by atoms with E-state index in [1.807, 2.05) is 57.2 Å². The van der Waals surface area contributed by atoms with Crippen molar-refractivity contribution in [2.45, 2.75) is 33.9 Å². The van der Waals surface area contributed by atoms with Gasteiger partial charge in [0, 0.05) is 22.5 Å². The molecule has 4 rings (SSSR count). The van der Waals surface area contributed by atoms with E-state index in [0.717, 1.165) is 33.2 Å². The maximum atomic E-state index is 13.5. The lowest BCUT2D eigenvalue weighted by Crippen LogP contribution is -2.30. The van der Waals surface area contributed by atoms with E-state index in [4.69, 9.17) is 20.4 Å². The van der Waals surface area contributed by atoms with Crippen LogP contribution in [0.5, 0.6) is 0 Å².